The van der Waals surface area contributed by atoms with Crippen molar-refractivity contribution in [3.8, 4) is 0 Å². The number of hydrogen-bond donors (Lipinski definition) is 1. The first-order valence-electron chi connectivity index (χ1n) is 6.73. The van der Waals surface area contributed by atoms with Crippen LogP contribution in [0.4, 0.5) is 0 Å². The Morgan fingerprint density at radius 3 is 2.88 bits per heavy atom. The maximum absolute atomic E-state index is 12.4. The highest BCUT2D eigenvalue weighted by molar-refractivity contribution is 5.82. The summed E-state index contributed by atoms with van der Waals surface area (Å²) in [4.78, 5) is 14.3. The minimum Gasteiger partial charge on any atom is -0.383 e. The Kier molecular flexibility index (Phi) is 6.52. The number of carbonyl (C=O) groups excluding carboxylic acids is 1. The van der Waals surface area contributed by atoms with Gasteiger partial charge in [-0.15, -0.1) is 0 Å². The van der Waals surface area contributed by atoms with Crippen molar-refractivity contribution < 1.29 is 9.53 Å². The Labute approximate surface area is 105 Å². The monoisotopic (exact) mass is 242 g/mol. The largest absolute Gasteiger partial charge is 0.383 e. The molecule has 0 aromatic rings. The lowest BCUT2D eigenvalue weighted by atomic mass is 10.1. The van der Waals surface area contributed by atoms with E-state index in [2.05, 4.69) is 5.32 Å². The molecule has 0 spiro atoms. The van der Waals surface area contributed by atoms with E-state index >= 15 is 0 Å². The summed E-state index contributed by atoms with van der Waals surface area (Å²) in [6.07, 6.45) is 4.54. The van der Waals surface area contributed by atoms with Crippen molar-refractivity contribution in [3.05, 3.63) is 0 Å². The first-order valence-corrected chi connectivity index (χ1v) is 6.73. The molecule has 0 aromatic carbocycles. The van der Waals surface area contributed by atoms with Gasteiger partial charge >= 0.3 is 0 Å². The van der Waals surface area contributed by atoms with Gasteiger partial charge in [-0.2, -0.15) is 0 Å². The second kappa shape index (κ2) is 7.67. The van der Waals surface area contributed by atoms with Crippen LogP contribution in [0.15, 0.2) is 0 Å². The van der Waals surface area contributed by atoms with Gasteiger partial charge in [-0.05, 0) is 33.2 Å². The summed E-state index contributed by atoms with van der Waals surface area (Å²) in [5.74, 6) is 0.235. The zero-order chi connectivity index (χ0) is 12.7. The Bertz CT molecular complexity index is 225. The summed E-state index contributed by atoms with van der Waals surface area (Å²) in [5.41, 5.74) is 0. The molecule has 1 fully saturated rings. The third-order valence-electron chi connectivity index (χ3n) is 3.42. The second-order valence-corrected chi connectivity index (χ2v) is 4.78. The zero-order valence-corrected chi connectivity index (χ0v) is 11.4. The van der Waals surface area contributed by atoms with Crippen LogP contribution in [0.3, 0.4) is 0 Å². The summed E-state index contributed by atoms with van der Waals surface area (Å²) in [6.45, 7) is 6.39. The molecule has 2 unspecified atom stereocenters. The maximum Gasteiger partial charge on any atom is 0.240 e. The molecule has 1 amide bonds. The van der Waals surface area contributed by atoms with E-state index in [1.54, 1.807) is 7.11 Å². The number of likely N-dealkylation sites (N-methyl/N-ethyl adjacent to an activating group) is 1. The SMILES string of the molecule is CCN(C(=O)C1CCCCCN1)C(C)COC. The summed E-state index contributed by atoms with van der Waals surface area (Å²) in [5, 5.41) is 3.36. The Morgan fingerprint density at radius 2 is 2.24 bits per heavy atom. The van der Waals surface area contributed by atoms with E-state index in [-0.39, 0.29) is 18.0 Å². The molecule has 0 bridgehead atoms. The Hall–Kier alpha value is -0.610. The molecule has 100 valence electrons. The van der Waals surface area contributed by atoms with Crippen molar-refractivity contribution in [1.29, 1.82) is 0 Å². The first kappa shape index (κ1) is 14.5. The van der Waals surface area contributed by atoms with Crippen LogP contribution in [0.25, 0.3) is 0 Å². The lowest BCUT2D eigenvalue weighted by molar-refractivity contribution is -0.136. The van der Waals surface area contributed by atoms with Crippen molar-refractivity contribution >= 4 is 5.91 Å². The highest BCUT2D eigenvalue weighted by Crippen LogP contribution is 2.12. The minimum atomic E-state index is 0.0109. The predicted molar refractivity (Wildman–Crippen MR) is 69.0 cm³/mol. The van der Waals surface area contributed by atoms with Crippen LogP contribution in [0.5, 0.6) is 0 Å². The molecule has 1 rings (SSSR count). The molecule has 4 heteroatoms. The quantitative estimate of drug-likeness (QED) is 0.792. The van der Waals surface area contributed by atoms with Crippen LogP contribution in [0, 0.1) is 0 Å². The van der Waals surface area contributed by atoms with Crippen LogP contribution in [0.1, 0.15) is 39.5 Å². The number of hydrogen-bond acceptors (Lipinski definition) is 3. The molecule has 1 aliphatic rings. The standard InChI is InChI=1S/C13H26N2O2/c1-4-15(11(2)10-17-3)13(16)12-8-6-5-7-9-14-12/h11-12,14H,4-10H2,1-3H3. The van der Waals surface area contributed by atoms with Gasteiger partial charge in [-0.3, -0.25) is 4.79 Å². The van der Waals surface area contributed by atoms with Gasteiger partial charge in [0, 0.05) is 13.7 Å². The van der Waals surface area contributed by atoms with E-state index in [1.165, 1.54) is 12.8 Å². The van der Waals surface area contributed by atoms with E-state index in [4.69, 9.17) is 4.74 Å². The molecular weight excluding hydrogens is 216 g/mol. The van der Waals surface area contributed by atoms with E-state index in [0.29, 0.717) is 6.61 Å². The van der Waals surface area contributed by atoms with Crippen molar-refractivity contribution in [2.45, 2.75) is 51.6 Å². The number of ether oxygens (including phenoxy) is 1. The number of carbonyl (C=O) groups is 1. The van der Waals surface area contributed by atoms with E-state index in [0.717, 1.165) is 25.9 Å². The molecule has 0 aromatic heterocycles. The molecule has 1 aliphatic heterocycles. The van der Waals surface area contributed by atoms with Gasteiger partial charge in [-0.25, -0.2) is 0 Å². The van der Waals surface area contributed by atoms with Crippen molar-refractivity contribution in [3.63, 3.8) is 0 Å². The van der Waals surface area contributed by atoms with Crippen molar-refractivity contribution in [2.24, 2.45) is 0 Å². The highest BCUT2D eigenvalue weighted by Gasteiger charge is 2.26. The molecule has 2 atom stereocenters. The molecule has 1 heterocycles. The Morgan fingerprint density at radius 1 is 1.47 bits per heavy atom. The van der Waals surface area contributed by atoms with Gasteiger partial charge in [0.1, 0.15) is 0 Å². The third kappa shape index (κ3) is 4.28. The molecule has 1 saturated heterocycles. The summed E-state index contributed by atoms with van der Waals surface area (Å²) < 4.78 is 5.13. The summed E-state index contributed by atoms with van der Waals surface area (Å²) in [7, 11) is 1.68. The molecule has 0 aliphatic carbocycles. The Balaban J connectivity index is 2.57. The topological polar surface area (TPSA) is 41.6 Å². The molecule has 17 heavy (non-hydrogen) atoms. The normalized spacial score (nSPS) is 22.9. The van der Waals surface area contributed by atoms with Crippen LogP contribution in [0.2, 0.25) is 0 Å². The number of methoxy groups -OCH3 is 1. The molecule has 1 N–H and O–H groups in total. The van der Waals surface area contributed by atoms with Crippen molar-refractivity contribution in [1.82, 2.24) is 10.2 Å². The van der Waals surface area contributed by atoms with Gasteiger partial charge in [0.05, 0.1) is 18.7 Å². The van der Waals surface area contributed by atoms with Crippen molar-refractivity contribution in [2.75, 3.05) is 26.8 Å². The number of rotatable bonds is 5. The van der Waals surface area contributed by atoms with Gasteiger partial charge < -0.3 is 15.0 Å². The molecule has 0 saturated carbocycles. The molecule has 0 radical (unpaired) electrons. The fourth-order valence-electron chi connectivity index (χ4n) is 2.46. The summed E-state index contributed by atoms with van der Waals surface area (Å²) in [6, 6.07) is 0.166. The van der Waals surface area contributed by atoms with E-state index in [1.807, 2.05) is 18.7 Å². The predicted octanol–water partition coefficient (Wildman–Crippen LogP) is 1.40. The van der Waals surface area contributed by atoms with Crippen LogP contribution < -0.4 is 5.32 Å². The van der Waals surface area contributed by atoms with E-state index < -0.39 is 0 Å². The number of nitrogens with one attached hydrogen (secondary N) is 1. The maximum atomic E-state index is 12.4. The molecular formula is C13H26N2O2. The second-order valence-electron chi connectivity index (χ2n) is 4.78. The van der Waals surface area contributed by atoms with Crippen LogP contribution >= 0.6 is 0 Å². The van der Waals surface area contributed by atoms with Gasteiger partial charge in [-0.1, -0.05) is 12.8 Å². The smallest absolute Gasteiger partial charge is 0.240 e. The number of amides is 1. The minimum absolute atomic E-state index is 0.0109. The first-order chi connectivity index (χ1) is 8.20. The van der Waals surface area contributed by atoms with Crippen LogP contribution in [-0.4, -0.2) is 49.7 Å². The van der Waals surface area contributed by atoms with Gasteiger partial charge in [0.15, 0.2) is 0 Å². The zero-order valence-electron chi connectivity index (χ0n) is 11.4. The van der Waals surface area contributed by atoms with E-state index in [9.17, 15) is 4.79 Å². The average molecular weight is 242 g/mol. The fourth-order valence-corrected chi connectivity index (χ4v) is 2.46. The average Bonchev–Trinajstić information content (AvgIpc) is 2.58. The van der Waals surface area contributed by atoms with Crippen LogP contribution in [-0.2, 0) is 9.53 Å². The van der Waals surface area contributed by atoms with Gasteiger partial charge in [0.2, 0.25) is 5.91 Å². The lowest BCUT2D eigenvalue weighted by Crippen LogP contribution is -2.50. The summed E-state index contributed by atoms with van der Waals surface area (Å²) >= 11 is 0. The number of nitrogens with zero attached hydrogens (tertiary/aromatic N) is 1. The fraction of sp³-hybridized carbons (Fsp3) is 0.923. The molecule has 4 nitrogen and oxygen atoms in total. The highest BCUT2D eigenvalue weighted by atomic mass is 16.5. The third-order valence-corrected chi connectivity index (χ3v) is 3.42. The van der Waals surface area contributed by atoms with Gasteiger partial charge in [0.25, 0.3) is 0 Å². The lowest BCUT2D eigenvalue weighted by Gasteiger charge is -2.31.